The summed E-state index contributed by atoms with van der Waals surface area (Å²) in [6.07, 6.45) is 0.815. The summed E-state index contributed by atoms with van der Waals surface area (Å²) in [6.45, 7) is 4.74. The van der Waals surface area contributed by atoms with Crippen LogP contribution in [0.25, 0.3) is 0 Å². The smallest absolute Gasteiger partial charge is 0.317 e. The van der Waals surface area contributed by atoms with Crippen LogP contribution in [-0.2, 0) is 11.3 Å². The summed E-state index contributed by atoms with van der Waals surface area (Å²) in [5.41, 5.74) is 0.708. The van der Waals surface area contributed by atoms with E-state index in [1.54, 1.807) is 13.2 Å². The number of hydrogen-bond acceptors (Lipinski definition) is 3. The van der Waals surface area contributed by atoms with Gasteiger partial charge in [-0.25, -0.2) is 9.18 Å². The van der Waals surface area contributed by atoms with Crippen molar-refractivity contribution in [3.05, 3.63) is 35.6 Å². The third kappa shape index (κ3) is 4.96. The number of carbonyl (C=O) groups is 1. The maximum Gasteiger partial charge on any atom is 0.317 e. The molecule has 2 rings (SSSR count). The number of ether oxygens (including phenoxy) is 1. The molecule has 0 unspecified atom stereocenters. The molecule has 1 aliphatic heterocycles. The second kappa shape index (κ2) is 8.70. The predicted octanol–water partition coefficient (Wildman–Crippen LogP) is 1.69. The number of piperazine rings is 1. The summed E-state index contributed by atoms with van der Waals surface area (Å²) in [5, 5.41) is 2.89. The Morgan fingerprint density at radius 2 is 2.00 bits per heavy atom. The largest absolute Gasteiger partial charge is 0.385 e. The number of hydrogen-bond donors (Lipinski definition) is 1. The fourth-order valence-electron chi connectivity index (χ4n) is 2.50. The van der Waals surface area contributed by atoms with Crippen molar-refractivity contribution in [1.29, 1.82) is 0 Å². The Labute approximate surface area is 131 Å². The molecule has 0 radical (unpaired) electrons. The average Bonchev–Trinajstić information content (AvgIpc) is 2.54. The van der Waals surface area contributed by atoms with E-state index < -0.39 is 0 Å². The lowest BCUT2D eigenvalue weighted by Crippen LogP contribution is -2.51. The molecule has 0 aliphatic carbocycles. The molecule has 1 N–H and O–H groups in total. The van der Waals surface area contributed by atoms with Crippen molar-refractivity contribution in [2.45, 2.75) is 13.0 Å². The average molecular weight is 309 g/mol. The van der Waals surface area contributed by atoms with Gasteiger partial charge < -0.3 is 15.0 Å². The van der Waals surface area contributed by atoms with Gasteiger partial charge in [-0.2, -0.15) is 0 Å². The highest BCUT2D eigenvalue weighted by molar-refractivity contribution is 5.74. The SMILES string of the molecule is COCCCNC(=O)N1CCN(Cc2ccccc2F)CC1. The summed E-state index contributed by atoms with van der Waals surface area (Å²) >= 11 is 0. The number of amides is 2. The van der Waals surface area contributed by atoms with E-state index in [0.717, 1.165) is 19.5 Å². The molecule has 6 heteroatoms. The van der Waals surface area contributed by atoms with Crippen LogP contribution in [0.15, 0.2) is 24.3 Å². The Hall–Kier alpha value is -1.66. The molecule has 0 aromatic heterocycles. The number of rotatable bonds is 6. The lowest BCUT2D eigenvalue weighted by atomic mass is 10.2. The molecular formula is C16H24FN3O2. The second-order valence-electron chi connectivity index (χ2n) is 5.43. The molecule has 1 saturated heterocycles. The topological polar surface area (TPSA) is 44.8 Å². The second-order valence-corrected chi connectivity index (χ2v) is 5.43. The fraction of sp³-hybridized carbons (Fsp3) is 0.562. The van der Waals surface area contributed by atoms with Gasteiger partial charge in [-0.3, -0.25) is 4.90 Å². The lowest BCUT2D eigenvalue weighted by Gasteiger charge is -2.34. The minimum atomic E-state index is -0.166. The lowest BCUT2D eigenvalue weighted by molar-refractivity contribution is 0.133. The van der Waals surface area contributed by atoms with Gasteiger partial charge in [0, 0.05) is 58.5 Å². The number of carbonyl (C=O) groups excluding carboxylic acids is 1. The van der Waals surface area contributed by atoms with Crippen molar-refractivity contribution in [3.8, 4) is 0 Å². The predicted molar refractivity (Wildman–Crippen MR) is 83.1 cm³/mol. The van der Waals surface area contributed by atoms with Gasteiger partial charge in [0.25, 0.3) is 0 Å². The molecule has 22 heavy (non-hydrogen) atoms. The first-order valence-electron chi connectivity index (χ1n) is 7.68. The maximum atomic E-state index is 13.6. The molecule has 1 heterocycles. The summed E-state index contributed by atoms with van der Waals surface area (Å²) < 4.78 is 18.6. The molecule has 2 amide bonds. The molecule has 122 valence electrons. The first kappa shape index (κ1) is 16.7. The van der Waals surface area contributed by atoms with Crippen LogP contribution in [0.5, 0.6) is 0 Å². The Bertz CT molecular complexity index is 476. The van der Waals surface area contributed by atoms with Crippen molar-refractivity contribution in [3.63, 3.8) is 0 Å². The molecular weight excluding hydrogens is 285 g/mol. The van der Waals surface area contributed by atoms with Gasteiger partial charge in [-0.1, -0.05) is 18.2 Å². The van der Waals surface area contributed by atoms with E-state index in [9.17, 15) is 9.18 Å². The van der Waals surface area contributed by atoms with E-state index in [-0.39, 0.29) is 11.8 Å². The standard InChI is InChI=1S/C16H24FN3O2/c1-22-12-4-7-18-16(21)20-10-8-19(9-11-20)13-14-5-2-3-6-15(14)17/h2-3,5-6H,4,7-13H2,1H3,(H,18,21). The van der Waals surface area contributed by atoms with Crippen LogP contribution in [0.3, 0.4) is 0 Å². The Balaban J connectivity index is 1.71. The summed E-state index contributed by atoms with van der Waals surface area (Å²) in [7, 11) is 1.65. The van der Waals surface area contributed by atoms with E-state index in [1.807, 2.05) is 17.0 Å². The molecule has 1 fully saturated rings. The minimum absolute atomic E-state index is 0.0263. The van der Waals surface area contributed by atoms with Gasteiger partial charge in [0.15, 0.2) is 0 Å². The molecule has 0 atom stereocenters. The van der Waals surface area contributed by atoms with Gasteiger partial charge >= 0.3 is 6.03 Å². The fourth-order valence-corrected chi connectivity index (χ4v) is 2.50. The number of urea groups is 1. The highest BCUT2D eigenvalue weighted by atomic mass is 19.1. The molecule has 0 spiro atoms. The quantitative estimate of drug-likeness (QED) is 0.813. The van der Waals surface area contributed by atoms with Crippen LogP contribution in [0.1, 0.15) is 12.0 Å². The summed E-state index contributed by atoms with van der Waals surface area (Å²) in [5.74, 6) is -0.166. The zero-order valence-electron chi connectivity index (χ0n) is 13.1. The maximum absolute atomic E-state index is 13.6. The normalized spacial score (nSPS) is 15.8. The van der Waals surface area contributed by atoms with Crippen molar-refractivity contribution < 1.29 is 13.9 Å². The van der Waals surface area contributed by atoms with E-state index in [0.29, 0.717) is 38.3 Å². The Morgan fingerprint density at radius 3 is 2.68 bits per heavy atom. The van der Waals surface area contributed by atoms with Crippen molar-refractivity contribution in [2.24, 2.45) is 0 Å². The molecule has 1 aromatic rings. The van der Waals surface area contributed by atoms with Crippen LogP contribution in [0, 0.1) is 5.82 Å². The monoisotopic (exact) mass is 309 g/mol. The first-order chi connectivity index (χ1) is 10.7. The van der Waals surface area contributed by atoms with E-state index in [4.69, 9.17) is 4.74 Å². The molecule has 1 aromatic carbocycles. The first-order valence-corrected chi connectivity index (χ1v) is 7.68. The van der Waals surface area contributed by atoms with E-state index in [1.165, 1.54) is 6.07 Å². The highest BCUT2D eigenvalue weighted by Gasteiger charge is 2.21. The Kier molecular flexibility index (Phi) is 6.61. The van der Waals surface area contributed by atoms with Crippen molar-refractivity contribution in [2.75, 3.05) is 46.4 Å². The molecule has 0 bridgehead atoms. The van der Waals surface area contributed by atoms with Gasteiger partial charge in [-0.15, -0.1) is 0 Å². The number of halogens is 1. The molecule has 1 aliphatic rings. The van der Waals surface area contributed by atoms with Crippen LogP contribution < -0.4 is 5.32 Å². The Morgan fingerprint density at radius 1 is 1.27 bits per heavy atom. The number of methoxy groups -OCH3 is 1. The van der Waals surface area contributed by atoms with E-state index >= 15 is 0 Å². The molecule has 0 saturated carbocycles. The molecule has 5 nitrogen and oxygen atoms in total. The van der Waals surface area contributed by atoms with Gasteiger partial charge in [0.05, 0.1) is 0 Å². The third-order valence-electron chi connectivity index (χ3n) is 3.81. The minimum Gasteiger partial charge on any atom is -0.385 e. The van der Waals surface area contributed by atoms with Gasteiger partial charge in [-0.05, 0) is 12.5 Å². The van der Waals surface area contributed by atoms with Crippen molar-refractivity contribution >= 4 is 6.03 Å². The zero-order chi connectivity index (χ0) is 15.8. The highest BCUT2D eigenvalue weighted by Crippen LogP contribution is 2.12. The van der Waals surface area contributed by atoms with Crippen LogP contribution in [0.2, 0.25) is 0 Å². The van der Waals surface area contributed by atoms with Crippen molar-refractivity contribution in [1.82, 2.24) is 15.1 Å². The van der Waals surface area contributed by atoms with Gasteiger partial charge in [0.1, 0.15) is 5.82 Å². The van der Waals surface area contributed by atoms with Gasteiger partial charge in [0.2, 0.25) is 0 Å². The van der Waals surface area contributed by atoms with Crippen LogP contribution >= 0.6 is 0 Å². The van der Waals surface area contributed by atoms with Crippen LogP contribution in [-0.4, -0.2) is 62.3 Å². The number of benzene rings is 1. The summed E-state index contributed by atoms with van der Waals surface area (Å²) in [6, 6.07) is 6.82. The zero-order valence-corrected chi connectivity index (χ0v) is 13.1. The summed E-state index contributed by atoms with van der Waals surface area (Å²) in [4.78, 5) is 16.0. The number of nitrogens with zero attached hydrogens (tertiary/aromatic N) is 2. The number of nitrogens with one attached hydrogen (secondary N) is 1. The van der Waals surface area contributed by atoms with E-state index in [2.05, 4.69) is 10.2 Å². The third-order valence-corrected chi connectivity index (χ3v) is 3.81. The van der Waals surface area contributed by atoms with Crippen LogP contribution in [0.4, 0.5) is 9.18 Å².